The number of ether oxygens (including phenoxy) is 1. The number of hydrazine groups is 1. The van der Waals surface area contributed by atoms with Crippen LogP contribution in [0.1, 0.15) is 6.42 Å². The summed E-state index contributed by atoms with van der Waals surface area (Å²) >= 11 is 0. The van der Waals surface area contributed by atoms with E-state index in [4.69, 9.17) is 4.74 Å². The number of para-hydroxylation sites is 1. The van der Waals surface area contributed by atoms with Gasteiger partial charge in [0, 0.05) is 7.05 Å². The van der Waals surface area contributed by atoms with E-state index in [1.54, 1.807) is 7.05 Å². The van der Waals surface area contributed by atoms with E-state index >= 15 is 0 Å². The lowest BCUT2D eigenvalue weighted by Crippen LogP contribution is -2.34. The summed E-state index contributed by atoms with van der Waals surface area (Å²) in [5.74, 6) is 0.702. The molecule has 0 saturated heterocycles. The van der Waals surface area contributed by atoms with Gasteiger partial charge in [-0.05, 0) is 12.1 Å². The Morgan fingerprint density at radius 2 is 2.07 bits per heavy atom. The van der Waals surface area contributed by atoms with Gasteiger partial charge in [-0.2, -0.15) is 0 Å². The molecule has 14 heavy (non-hydrogen) atoms. The molecule has 0 aliphatic carbocycles. The van der Waals surface area contributed by atoms with Gasteiger partial charge >= 0.3 is 0 Å². The van der Waals surface area contributed by atoms with Crippen molar-refractivity contribution in [3.8, 4) is 5.75 Å². The molecule has 0 aliphatic heterocycles. The van der Waals surface area contributed by atoms with Gasteiger partial charge in [-0.15, -0.1) is 0 Å². The van der Waals surface area contributed by atoms with Gasteiger partial charge in [-0.1, -0.05) is 18.2 Å². The van der Waals surface area contributed by atoms with E-state index in [0.717, 1.165) is 5.75 Å². The molecule has 1 aromatic rings. The van der Waals surface area contributed by atoms with Gasteiger partial charge in [-0.25, -0.2) is 5.43 Å². The molecule has 0 aromatic heterocycles. The smallest absolute Gasteiger partial charge is 0.237 e. The monoisotopic (exact) mass is 194 g/mol. The summed E-state index contributed by atoms with van der Waals surface area (Å²) in [6, 6.07) is 9.42. The number of hydrogen-bond acceptors (Lipinski definition) is 3. The number of amides is 1. The Hall–Kier alpha value is -1.55. The third-order valence-corrected chi connectivity index (χ3v) is 1.61. The molecule has 0 bridgehead atoms. The fraction of sp³-hybridized carbons (Fsp3) is 0.300. The van der Waals surface area contributed by atoms with Crippen molar-refractivity contribution in [1.29, 1.82) is 0 Å². The quantitative estimate of drug-likeness (QED) is 0.678. The highest BCUT2D eigenvalue weighted by atomic mass is 16.5. The largest absolute Gasteiger partial charge is 0.493 e. The maximum Gasteiger partial charge on any atom is 0.237 e. The molecule has 0 atom stereocenters. The average Bonchev–Trinajstić information content (AvgIpc) is 2.20. The Labute approximate surface area is 83.2 Å². The van der Waals surface area contributed by atoms with E-state index in [9.17, 15) is 4.79 Å². The van der Waals surface area contributed by atoms with Gasteiger partial charge in [-0.3, -0.25) is 10.2 Å². The van der Waals surface area contributed by atoms with Crippen molar-refractivity contribution in [3.05, 3.63) is 30.3 Å². The van der Waals surface area contributed by atoms with Crippen molar-refractivity contribution in [2.24, 2.45) is 0 Å². The predicted molar refractivity (Wildman–Crippen MR) is 53.8 cm³/mol. The van der Waals surface area contributed by atoms with Crippen LogP contribution in [0.4, 0.5) is 0 Å². The summed E-state index contributed by atoms with van der Waals surface area (Å²) in [5, 5.41) is 0. The Kier molecular flexibility index (Phi) is 4.50. The van der Waals surface area contributed by atoms with Gasteiger partial charge in [0.2, 0.25) is 5.91 Å². The molecule has 0 aliphatic rings. The standard InChI is InChI=1S/C10H14N2O2/c1-11-12-10(13)7-8-14-9-5-3-2-4-6-9/h2-6,11H,7-8H2,1H3,(H,12,13). The van der Waals surface area contributed by atoms with E-state index in [1.807, 2.05) is 30.3 Å². The SMILES string of the molecule is CNNC(=O)CCOc1ccccc1. The Morgan fingerprint density at radius 1 is 1.36 bits per heavy atom. The number of hydrogen-bond donors (Lipinski definition) is 2. The summed E-state index contributed by atoms with van der Waals surface area (Å²) in [5.41, 5.74) is 5.02. The van der Waals surface area contributed by atoms with Gasteiger partial charge in [0.15, 0.2) is 0 Å². The van der Waals surface area contributed by atoms with Crippen LogP contribution in [0.3, 0.4) is 0 Å². The molecular weight excluding hydrogens is 180 g/mol. The molecule has 0 spiro atoms. The van der Waals surface area contributed by atoms with E-state index in [2.05, 4.69) is 10.9 Å². The third-order valence-electron chi connectivity index (χ3n) is 1.61. The van der Waals surface area contributed by atoms with Crippen LogP contribution in [-0.2, 0) is 4.79 Å². The van der Waals surface area contributed by atoms with E-state index in [1.165, 1.54) is 0 Å². The summed E-state index contributed by atoms with van der Waals surface area (Å²) in [6.07, 6.45) is 0.343. The molecule has 1 aromatic carbocycles. The molecule has 0 fully saturated rings. The zero-order chi connectivity index (χ0) is 10.2. The number of carbonyl (C=O) groups excluding carboxylic acids is 1. The molecule has 2 N–H and O–H groups in total. The van der Waals surface area contributed by atoms with E-state index in [0.29, 0.717) is 13.0 Å². The Balaban J connectivity index is 2.19. The molecular formula is C10H14N2O2. The normalized spacial score (nSPS) is 9.50. The van der Waals surface area contributed by atoms with Gasteiger partial charge in [0.25, 0.3) is 0 Å². The maximum atomic E-state index is 11.0. The topological polar surface area (TPSA) is 50.4 Å². The van der Waals surface area contributed by atoms with Gasteiger partial charge in [0.05, 0.1) is 13.0 Å². The van der Waals surface area contributed by atoms with Crippen molar-refractivity contribution in [2.45, 2.75) is 6.42 Å². The molecule has 1 rings (SSSR count). The van der Waals surface area contributed by atoms with Crippen LogP contribution in [0.5, 0.6) is 5.75 Å². The van der Waals surface area contributed by atoms with E-state index < -0.39 is 0 Å². The van der Waals surface area contributed by atoms with E-state index in [-0.39, 0.29) is 5.91 Å². The van der Waals surface area contributed by atoms with Crippen molar-refractivity contribution < 1.29 is 9.53 Å². The van der Waals surface area contributed by atoms with Gasteiger partial charge in [0.1, 0.15) is 5.75 Å². The molecule has 0 saturated carbocycles. The lowest BCUT2D eigenvalue weighted by atomic mass is 10.3. The highest BCUT2D eigenvalue weighted by molar-refractivity contribution is 5.75. The minimum atomic E-state index is -0.0802. The summed E-state index contributed by atoms with van der Waals surface area (Å²) in [7, 11) is 1.65. The Morgan fingerprint density at radius 3 is 2.71 bits per heavy atom. The highest BCUT2D eigenvalue weighted by Crippen LogP contribution is 2.07. The molecule has 4 nitrogen and oxygen atoms in total. The van der Waals surface area contributed by atoms with Crippen molar-refractivity contribution in [3.63, 3.8) is 0 Å². The first-order chi connectivity index (χ1) is 6.83. The zero-order valence-corrected chi connectivity index (χ0v) is 8.12. The minimum Gasteiger partial charge on any atom is -0.493 e. The number of benzene rings is 1. The van der Waals surface area contributed by atoms with Crippen LogP contribution in [0.25, 0.3) is 0 Å². The van der Waals surface area contributed by atoms with Crippen LogP contribution < -0.4 is 15.6 Å². The molecule has 0 unspecified atom stereocenters. The zero-order valence-electron chi connectivity index (χ0n) is 8.12. The third kappa shape index (κ3) is 3.91. The molecule has 1 amide bonds. The van der Waals surface area contributed by atoms with Crippen LogP contribution in [-0.4, -0.2) is 19.6 Å². The van der Waals surface area contributed by atoms with Crippen LogP contribution in [0.15, 0.2) is 30.3 Å². The summed E-state index contributed by atoms with van der Waals surface area (Å²) in [6.45, 7) is 0.386. The maximum absolute atomic E-state index is 11.0. The summed E-state index contributed by atoms with van der Waals surface area (Å²) < 4.78 is 5.33. The van der Waals surface area contributed by atoms with Gasteiger partial charge < -0.3 is 4.74 Å². The lowest BCUT2D eigenvalue weighted by Gasteiger charge is -2.05. The molecule has 76 valence electrons. The second kappa shape index (κ2) is 5.99. The van der Waals surface area contributed by atoms with Crippen molar-refractivity contribution in [2.75, 3.05) is 13.7 Å². The molecule has 0 heterocycles. The first-order valence-electron chi connectivity index (χ1n) is 4.46. The number of rotatable bonds is 5. The van der Waals surface area contributed by atoms with Crippen LogP contribution >= 0.6 is 0 Å². The lowest BCUT2D eigenvalue weighted by molar-refractivity contribution is -0.122. The Bertz CT molecular complexity index is 275. The second-order valence-electron chi connectivity index (χ2n) is 2.71. The summed E-state index contributed by atoms with van der Waals surface area (Å²) in [4.78, 5) is 11.0. The second-order valence-corrected chi connectivity index (χ2v) is 2.71. The van der Waals surface area contributed by atoms with Crippen molar-refractivity contribution in [1.82, 2.24) is 10.9 Å². The predicted octanol–water partition coefficient (Wildman–Crippen LogP) is 0.706. The highest BCUT2D eigenvalue weighted by Gasteiger charge is 1.99. The first kappa shape index (κ1) is 10.5. The molecule has 0 radical (unpaired) electrons. The van der Waals surface area contributed by atoms with Crippen LogP contribution in [0, 0.1) is 0 Å². The minimum absolute atomic E-state index is 0.0802. The fourth-order valence-electron chi connectivity index (χ4n) is 0.980. The van der Waals surface area contributed by atoms with Crippen LogP contribution in [0.2, 0.25) is 0 Å². The molecule has 4 heteroatoms. The fourth-order valence-corrected chi connectivity index (χ4v) is 0.980. The first-order valence-corrected chi connectivity index (χ1v) is 4.46. The van der Waals surface area contributed by atoms with Crippen molar-refractivity contribution >= 4 is 5.91 Å². The number of carbonyl (C=O) groups is 1. The number of nitrogens with one attached hydrogen (secondary N) is 2. The average molecular weight is 194 g/mol.